The molecule has 3 rings (SSSR count). The monoisotopic (exact) mass is 286 g/mol. The van der Waals surface area contributed by atoms with Gasteiger partial charge in [0, 0.05) is 17.7 Å². The second-order valence-corrected chi connectivity index (χ2v) is 4.91. The highest BCUT2D eigenvalue weighted by molar-refractivity contribution is 6.06. The summed E-state index contributed by atoms with van der Waals surface area (Å²) in [5.74, 6) is 0.287. The Labute approximate surface area is 121 Å². The van der Waals surface area contributed by atoms with E-state index < -0.39 is 4.92 Å². The van der Waals surface area contributed by atoms with E-state index in [2.05, 4.69) is 5.32 Å². The van der Waals surface area contributed by atoms with Crippen molar-refractivity contribution < 1.29 is 14.5 Å². The number of allylic oxidation sites excluding steroid dienone is 1. The van der Waals surface area contributed by atoms with E-state index in [-0.39, 0.29) is 23.4 Å². The van der Waals surface area contributed by atoms with E-state index in [1.807, 2.05) is 19.1 Å². The molecule has 1 N–H and O–H groups in total. The van der Waals surface area contributed by atoms with Crippen molar-refractivity contribution in [3.8, 4) is 0 Å². The number of nitrogens with zero attached hydrogens (tertiary/aromatic N) is 1. The van der Waals surface area contributed by atoms with Crippen molar-refractivity contribution in [2.24, 2.45) is 5.92 Å². The third kappa shape index (κ3) is 2.29. The lowest BCUT2D eigenvalue weighted by Crippen LogP contribution is -2.38. The van der Waals surface area contributed by atoms with Gasteiger partial charge in [0.25, 0.3) is 5.69 Å². The first-order valence-electron chi connectivity index (χ1n) is 6.72. The molecule has 0 amide bonds. The van der Waals surface area contributed by atoms with E-state index in [9.17, 15) is 14.9 Å². The van der Waals surface area contributed by atoms with Crippen LogP contribution < -0.4 is 5.32 Å². The van der Waals surface area contributed by atoms with Gasteiger partial charge in [-0.2, -0.15) is 0 Å². The molecule has 2 atom stereocenters. The number of Topliss-reactive ketones (excluding diaryl/α,β-unsaturated/α-hetero) is 1. The van der Waals surface area contributed by atoms with Gasteiger partial charge in [-0.1, -0.05) is 6.08 Å². The molecule has 1 aliphatic carbocycles. The molecule has 1 heterocycles. The molecule has 1 aliphatic heterocycles. The van der Waals surface area contributed by atoms with Crippen molar-refractivity contribution in [2.75, 3.05) is 11.9 Å². The van der Waals surface area contributed by atoms with E-state index >= 15 is 0 Å². The summed E-state index contributed by atoms with van der Waals surface area (Å²) in [6.07, 6.45) is 5.47. The summed E-state index contributed by atoms with van der Waals surface area (Å²) in [6.45, 7) is 2.42. The molecule has 108 valence electrons. The van der Waals surface area contributed by atoms with Crippen LogP contribution in [0.4, 0.5) is 11.4 Å². The molecule has 2 aliphatic rings. The minimum Gasteiger partial charge on any atom is -0.494 e. The zero-order valence-corrected chi connectivity index (χ0v) is 11.4. The second-order valence-electron chi connectivity index (χ2n) is 4.91. The van der Waals surface area contributed by atoms with Gasteiger partial charge in [0.15, 0.2) is 5.78 Å². The van der Waals surface area contributed by atoms with Gasteiger partial charge in [-0.3, -0.25) is 14.9 Å². The van der Waals surface area contributed by atoms with E-state index in [0.29, 0.717) is 23.6 Å². The molecule has 0 saturated carbocycles. The Morgan fingerprint density at radius 2 is 2.24 bits per heavy atom. The summed E-state index contributed by atoms with van der Waals surface area (Å²) < 4.78 is 5.42. The lowest BCUT2D eigenvalue weighted by molar-refractivity contribution is -0.384. The number of carbonyl (C=O) groups excluding carboxylic acids is 1. The van der Waals surface area contributed by atoms with Crippen LogP contribution in [0.15, 0.2) is 42.2 Å². The predicted octanol–water partition coefficient (Wildman–Crippen LogP) is 2.68. The van der Waals surface area contributed by atoms with Crippen LogP contribution in [0.5, 0.6) is 0 Å². The number of anilines is 1. The van der Waals surface area contributed by atoms with Crippen LogP contribution in [0.25, 0.3) is 0 Å². The highest BCUT2D eigenvalue weighted by atomic mass is 16.6. The highest BCUT2D eigenvalue weighted by Gasteiger charge is 2.35. The zero-order valence-electron chi connectivity index (χ0n) is 11.4. The summed E-state index contributed by atoms with van der Waals surface area (Å²) in [5, 5.41) is 14.0. The molecule has 1 aromatic rings. The number of benzene rings is 1. The Bertz CT molecular complexity index is 678. The van der Waals surface area contributed by atoms with Crippen LogP contribution in [-0.2, 0) is 4.74 Å². The van der Waals surface area contributed by atoms with Crippen LogP contribution in [-0.4, -0.2) is 23.4 Å². The van der Waals surface area contributed by atoms with Crippen molar-refractivity contribution >= 4 is 17.2 Å². The van der Waals surface area contributed by atoms with Crippen LogP contribution in [0.2, 0.25) is 0 Å². The standard InChI is InChI=1S/C15H14N2O4/c1-2-21-10-4-6-13-12(8-10)15(18)11-5-3-9(17(19)20)7-14(11)16-13/h3-8,12-13,16H,2H2,1H3. The van der Waals surface area contributed by atoms with Gasteiger partial charge in [0.1, 0.15) is 5.76 Å². The van der Waals surface area contributed by atoms with E-state index in [0.717, 1.165) is 0 Å². The second kappa shape index (κ2) is 5.05. The molecular formula is C15H14N2O4. The summed E-state index contributed by atoms with van der Waals surface area (Å²) >= 11 is 0. The molecule has 21 heavy (non-hydrogen) atoms. The Morgan fingerprint density at radius 1 is 1.43 bits per heavy atom. The maximum absolute atomic E-state index is 12.5. The van der Waals surface area contributed by atoms with Gasteiger partial charge in [0.2, 0.25) is 0 Å². The number of non-ortho nitro benzene ring substituents is 1. The van der Waals surface area contributed by atoms with Crippen molar-refractivity contribution in [1.29, 1.82) is 0 Å². The van der Waals surface area contributed by atoms with Gasteiger partial charge in [-0.25, -0.2) is 0 Å². The van der Waals surface area contributed by atoms with Crippen molar-refractivity contribution in [3.05, 3.63) is 57.9 Å². The van der Waals surface area contributed by atoms with Crippen LogP contribution in [0.1, 0.15) is 17.3 Å². The largest absolute Gasteiger partial charge is 0.494 e. The van der Waals surface area contributed by atoms with Crippen LogP contribution in [0.3, 0.4) is 0 Å². The van der Waals surface area contributed by atoms with E-state index in [1.54, 1.807) is 6.08 Å². The first-order valence-corrected chi connectivity index (χ1v) is 6.72. The number of ether oxygens (including phenoxy) is 1. The quantitative estimate of drug-likeness (QED) is 0.682. The Balaban J connectivity index is 1.97. The fraction of sp³-hybridized carbons (Fsp3) is 0.267. The number of nitro benzene ring substituents is 1. The maximum Gasteiger partial charge on any atom is 0.271 e. The number of fused-ring (bicyclic) bond motifs is 2. The molecule has 0 radical (unpaired) electrons. The fourth-order valence-corrected chi connectivity index (χ4v) is 2.63. The molecule has 6 nitrogen and oxygen atoms in total. The molecule has 6 heteroatoms. The lowest BCUT2D eigenvalue weighted by atomic mass is 9.83. The van der Waals surface area contributed by atoms with Crippen molar-refractivity contribution in [3.63, 3.8) is 0 Å². The molecule has 0 aromatic heterocycles. The summed E-state index contributed by atoms with van der Waals surface area (Å²) in [5.41, 5.74) is 0.954. The van der Waals surface area contributed by atoms with Gasteiger partial charge < -0.3 is 10.1 Å². The van der Waals surface area contributed by atoms with E-state index in [1.165, 1.54) is 18.2 Å². The van der Waals surface area contributed by atoms with E-state index in [4.69, 9.17) is 4.74 Å². The third-order valence-corrected chi connectivity index (χ3v) is 3.61. The Hall–Kier alpha value is -2.63. The molecule has 0 fully saturated rings. The number of nitro groups is 1. The predicted molar refractivity (Wildman–Crippen MR) is 77.2 cm³/mol. The van der Waals surface area contributed by atoms with Crippen LogP contribution >= 0.6 is 0 Å². The first kappa shape index (κ1) is 13.4. The number of rotatable bonds is 3. The number of ketones is 1. The first-order chi connectivity index (χ1) is 10.1. The normalized spacial score (nSPS) is 22.7. The third-order valence-electron chi connectivity index (χ3n) is 3.61. The Morgan fingerprint density at radius 3 is 2.95 bits per heavy atom. The maximum atomic E-state index is 12.5. The summed E-state index contributed by atoms with van der Waals surface area (Å²) in [7, 11) is 0. The van der Waals surface area contributed by atoms with Gasteiger partial charge in [0.05, 0.1) is 29.2 Å². The van der Waals surface area contributed by atoms with Crippen molar-refractivity contribution in [2.45, 2.75) is 13.0 Å². The highest BCUT2D eigenvalue weighted by Crippen LogP contribution is 2.34. The SMILES string of the molecule is CCOC1=CC2C(=O)c3ccc([N+](=O)[O-])cc3NC2C=C1. The number of nitrogens with one attached hydrogen (secondary N) is 1. The van der Waals surface area contributed by atoms with Crippen LogP contribution in [0, 0.1) is 16.0 Å². The average Bonchev–Trinajstić information content (AvgIpc) is 2.48. The average molecular weight is 286 g/mol. The molecule has 2 unspecified atom stereocenters. The molecule has 0 spiro atoms. The lowest BCUT2D eigenvalue weighted by Gasteiger charge is -2.32. The Kier molecular flexibility index (Phi) is 3.21. The minimum atomic E-state index is -0.470. The summed E-state index contributed by atoms with van der Waals surface area (Å²) in [6, 6.07) is 4.06. The molecular weight excluding hydrogens is 272 g/mol. The molecule has 0 bridgehead atoms. The number of hydrogen-bond donors (Lipinski definition) is 1. The fourth-order valence-electron chi connectivity index (χ4n) is 2.63. The topological polar surface area (TPSA) is 81.5 Å². The van der Waals surface area contributed by atoms with Gasteiger partial charge >= 0.3 is 0 Å². The number of carbonyl (C=O) groups is 1. The summed E-state index contributed by atoms with van der Waals surface area (Å²) in [4.78, 5) is 22.9. The van der Waals surface area contributed by atoms with Gasteiger partial charge in [-0.05, 0) is 25.1 Å². The molecule has 0 saturated heterocycles. The van der Waals surface area contributed by atoms with Crippen molar-refractivity contribution in [1.82, 2.24) is 0 Å². The van der Waals surface area contributed by atoms with Gasteiger partial charge in [-0.15, -0.1) is 0 Å². The zero-order chi connectivity index (χ0) is 15.0. The molecule has 1 aromatic carbocycles. The minimum absolute atomic E-state index is 0.0298. The number of hydrogen-bond acceptors (Lipinski definition) is 5. The smallest absolute Gasteiger partial charge is 0.271 e.